The second-order valence-electron chi connectivity index (χ2n) is 3.82. The van der Waals surface area contributed by atoms with E-state index in [2.05, 4.69) is 20.7 Å². The second kappa shape index (κ2) is 5.64. The van der Waals surface area contributed by atoms with E-state index in [0.29, 0.717) is 16.5 Å². The predicted molar refractivity (Wildman–Crippen MR) is 74.0 cm³/mol. The number of amides is 1. The van der Waals surface area contributed by atoms with Gasteiger partial charge in [-0.2, -0.15) is 0 Å². The Balaban J connectivity index is 2.25. The molecular weight excluding hydrogens is 266 g/mol. The highest BCUT2D eigenvalue weighted by atomic mass is 35.5. The topological polar surface area (TPSA) is 92.9 Å². The Kier molecular flexibility index (Phi) is 3.94. The zero-order valence-electron chi connectivity index (χ0n) is 10.1. The van der Waals surface area contributed by atoms with Crippen LogP contribution in [0.3, 0.4) is 0 Å². The van der Waals surface area contributed by atoms with Crippen molar-refractivity contribution in [2.45, 2.75) is 6.92 Å². The molecule has 0 saturated heterocycles. The first kappa shape index (κ1) is 13.3. The summed E-state index contributed by atoms with van der Waals surface area (Å²) < 4.78 is 0. The lowest BCUT2D eigenvalue weighted by Crippen LogP contribution is -2.17. The number of hydrazine groups is 1. The minimum absolute atomic E-state index is 0.148. The molecule has 0 unspecified atom stereocenters. The number of aryl methyl sites for hydroxylation is 1. The summed E-state index contributed by atoms with van der Waals surface area (Å²) in [7, 11) is 0. The largest absolute Gasteiger partial charge is 0.319 e. The molecule has 1 aromatic carbocycles. The Labute approximate surface area is 115 Å². The predicted octanol–water partition coefficient (Wildman–Crippen LogP) is 1.98. The van der Waals surface area contributed by atoms with E-state index in [1.165, 1.54) is 12.4 Å². The van der Waals surface area contributed by atoms with Crippen LogP contribution in [-0.4, -0.2) is 15.9 Å². The van der Waals surface area contributed by atoms with Crippen LogP contribution in [0.2, 0.25) is 5.02 Å². The average molecular weight is 278 g/mol. The Morgan fingerprint density at radius 3 is 2.84 bits per heavy atom. The normalized spacial score (nSPS) is 10.1. The molecule has 6 nitrogen and oxygen atoms in total. The fourth-order valence-corrected chi connectivity index (χ4v) is 1.78. The molecule has 2 aromatic rings. The van der Waals surface area contributed by atoms with Crippen LogP contribution in [0, 0.1) is 6.92 Å². The summed E-state index contributed by atoms with van der Waals surface area (Å²) in [6, 6.07) is 5.37. The zero-order chi connectivity index (χ0) is 13.8. The van der Waals surface area contributed by atoms with E-state index in [4.69, 9.17) is 17.4 Å². The van der Waals surface area contributed by atoms with E-state index < -0.39 is 5.91 Å². The Morgan fingerprint density at radius 1 is 1.37 bits per heavy atom. The van der Waals surface area contributed by atoms with Crippen molar-refractivity contribution in [3.8, 4) is 0 Å². The summed E-state index contributed by atoms with van der Waals surface area (Å²) in [4.78, 5) is 19.9. The Hall–Kier alpha value is -2.18. The van der Waals surface area contributed by atoms with Crippen LogP contribution in [0.25, 0.3) is 0 Å². The smallest absolute Gasteiger partial charge is 0.276 e. The number of aromatic nitrogens is 2. The number of nitrogens with zero attached hydrogens (tertiary/aromatic N) is 2. The summed E-state index contributed by atoms with van der Waals surface area (Å²) in [6.45, 7) is 1.85. The maximum absolute atomic E-state index is 12.0. The van der Waals surface area contributed by atoms with Crippen molar-refractivity contribution in [2.75, 3.05) is 10.7 Å². The molecule has 98 valence electrons. The third-order valence-electron chi connectivity index (χ3n) is 2.48. The first-order valence-electron chi connectivity index (χ1n) is 5.47. The van der Waals surface area contributed by atoms with Crippen LogP contribution < -0.4 is 16.6 Å². The molecule has 1 aromatic heterocycles. The highest BCUT2D eigenvalue weighted by Gasteiger charge is 2.12. The SMILES string of the molecule is Cc1cccc(Cl)c1NC(=O)c1cncc(NN)n1. The molecule has 19 heavy (non-hydrogen) atoms. The quantitative estimate of drug-likeness (QED) is 0.589. The minimum Gasteiger partial charge on any atom is -0.319 e. The lowest BCUT2D eigenvalue weighted by atomic mass is 10.2. The molecule has 0 saturated carbocycles. The van der Waals surface area contributed by atoms with Gasteiger partial charge in [0.2, 0.25) is 0 Å². The molecule has 1 heterocycles. The Bertz CT molecular complexity index is 597. The van der Waals surface area contributed by atoms with Gasteiger partial charge in [-0.25, -0.2) is 10.8 Å². The summed E-state index contributed by atoms with van der Waals surface area (Å²) >= 11 is 6.04. The third-order valence-corrected chi connectivity index (χ3v) is 2.79. The number of carbonyl (C=O) groups excluding carboxylic acids is 1. The molecule has 0 aliphatic carbocycles. The van der Waals surface area contributed by atoms with Crippen molar-refractivity contribution in [1.29, 1.82) is 0 Å². The van der Waals surface area contributed by atoms with Crippen LogP contribution in [0.15, 0.2) is 30.6 Å². The summed E-state index contributed by atoms with van der Waals surface area (Å²) in [5.74, 6) is 5.12. The minimum atomic E-state index is -0.402. The second-order valence-corrected chi connectivity index (χ2v) is 4.23. The molecular formula is C12H12ClN5O. The number of nitrogens with two attached hydrogens (primary N) is 1. The number of halogens is 1. The van der Waals surface area contributed by atoms with Gasteiger partial charge in [0.25, 0.3) is 5.91 Å². The molecule has 0 spiro atoms. The van der Waals surface area contributed by atoms with Gasteiger partial charge >= 0.3 is 0 Å². The molecule has 1 amide bonds. The molecule has 0 aliphatic heterocycles. The number of anilines is 2. The van der Waals surface area contributed by atoms with Crippen LogP contribution in [0.1, 0.15) is 16.1 Å². The maximum Gasteiger partial charge on any atom is 0.276 e. The van der Waals surface area contributed by atoms with E-state index >= 15 is 0 Å². The molecule has 0 radical (unpaired) electrons. The van der Waals surface area contributed by atoms with Gasteiger partial charge in [0.15, 0.2) is 5.82 Å². The number of benzene rings is 1. The van der Waals surface area contributed by atoms with Gasteiger partial charge in [0, 0.05) is 0 Å². The lowest BCUT2D eigenvalue weighted by Gasteiger charge is -2.10. The van der Waals surface area contributed by atoms with Gasteiger partial charge in [0.1, 0.15) is 5.69 Å². The van der Waals surface area contributed by atoms with Crippen molar-refractivity contribution < 1.29 is 4.79 Å². The molecule has 0 aliphatic rings. The number of rotatable bonds is 3. The number of nitrogens with one attached hydrogen (secondary N) is 2. The van der Waals surface area contributed by atoms with Crippen molar-refractivity contribution in [2.24, 2.45) is 5.84 Å². The van der Waals surface area contributed by atoms with E-state index in [-0.39, 0.29) is 5.69 Å². The standard InChI is InChI=1S/C12H12ClN5O/c1-7-3-2-4-8(13)11(7)17-12(19)9-5-15-6-10(16-9)18-14/h2-6H,14H2,1H3,(H,16,18)(H,17,19). The number of hydrogen-bond donors (Lipinski definition) is 3. The van der Waals surface area contributed by atoms with Gasteiger partial charge in [-0.05, 0) is 18.6 Å². The van der Waals surface area contributed by atoms with Gasteiger partial charge in [-0.15, -0.1) is 0 Å². The zero-order valence-corrected chi connectivity index (χ0v) is 10.9. The van der Waals surface area contributed by atoms with Crippen LogP contribution in [0.4, 0.5) is 11.5 Å². The number of hydrogen-bond acceptors (Lipinski definition) is 5. The van der Waals surface area contributed by atoms with Gasteiger partial charge in [0.05, 0.1) is 23.1 Å². The van der Waals surface area contributed by atoms with Crippen LogP contribution in [-0.2, 0) is 0 Å². The first-order chi connectivity index (χ1) is 9.11. The van der Waals surface area contributed by atoms with Gasteiger partial charge in [-0.1, -0.05) is 23.7 Å². The number of carbonyl (C=O) groups is 1. The van der Waals surface area contributed by atoms with Crippen LogP contribution >= 0.6 is 11.6 Å². The van der Waals surface area contributed by atoms with Crippen molar-refractivity contribution in [3.05, 3.63) is 46.9 Å². The molecule has 0 atom stereocenters. The van der Waals surface area contributed by atoms with E-state index in [0.717, 1.165) is 5.56 Å². The molecule has 0 fully saturated rings. The molecule has 2 rings (SSSR count). The van der Waals surface area contributed by atoms with Crippen molar-refractivity contribution in [3.63, 3.8) is 0 Å². The van der Waals surface area contributed by atoms with Crippen molar-refractivity contribution in [1.82, 2.24) is 9.97 Å². The van der Waals surface area contributed by atoms with Crippen molar-refractivity contribution >= 4 is 29.0 Å². The van der Waals surface area contributed by atoms with E-state index in [1.807, 2.05) is 19.1 Å². The molecule has 0 bridgehead atoms. The third kappa shape index (κ3) is 2.98. The summed E-state index contributed by atoms with van der Waals surface area (Å²) in [5.41, 5.74) is 3.90. The monoisotopic (exact) mass is 277 g/mol. The number of para-hydroxylation sites is 1. The van der Waals surface area contributed by atoms with Crippen LogP contribution in [0.5, 0.6) is 0 Å². The highest BCUT2D eigenvalue weighted by molar-refractivity contribution is 6.34. The fraction of sp³-hybridized carbons (Fsp3) is 0.0833. The lowest BCUT2D eigenvalue weighted by molar-refractivity contribution is 0.102. The van der Waals surface area contributed by atoms with Gasteiger partial charge in [-0.3, -0.25) is 9.78 Å². The summed E-state index contributed by atoms with van der Waals surface area (Å²) in [6.07, 6.45) is 2.76. The molecule has 4 N–H and O–H groups in total. The first-order valence-corrected chi connectivity index (χ1v) is 5.84. The van der Waals surface area contributed by atoms with Gasteiger partial charge < -0.3 is 10.7 Å². The van der Waals surface area contributed by atoms with E-state index in [9.17, 15) is 4.79 Å². The summed E-state index contributed by atoms with van der Waals surface area (Å²) in [5, 5.41) is 3.17. The Morgan fingerprint density at radius 2 is 2.16 bits per heavy atom. The maximum atomic E-state index is 12.0. The molecule has 7 heteroatoms. The average Bonchev–Trinajstić information content (AvgIpc) is 2.43. The highest BCUT2D eigenvalue weighted by Crippen LogP contribution is 2.25. The van der Waals surface area contributed by atoms with E-state index in [1.54, 1.807) is 6.07 Å². The number of nitrogen functional groups attached to an aromatic ring is 1. The fourth-order valence-electron chi connectivity index (χ4n) is 1.51.